The van der Waals surface area contributed by atoms with E-state index < -0.39 is 0 Å². The first-order valence-electron chi connectivity index (χ1n) is 7.51. The Bertz CT molecular complexity index is 310. The summed E-state index contributed by atoms with van der Waals surface area (Å²) in [4.78, 5) is 5.08. The van der Waals surface area contributed by atoms with Crippen molar-refractivity contribution in [2.45, 2.75) is 50.2 Å². The fourth-order valence-electron chi connectivity index (χ4n) is 3.41. The maximum absolute atomic E-state index is 5.36. The number of hydrogen-bond donors (Lipinski definition) is 1. The molecule has 3 aliphatic rings. The van der Waals surface area contributed by atoms with Gasteiger partial charge in [0.05, 0.1) is 6.54 Å². The Kier molecular flexibility index (Phi) is 3.88. The van der Waals surface area contributed by atoms with Crippen molar-refractivity contribution in [2.24, 2.45) is 0 Å². The smallest absolute Gasteiger partial charge is 0.0598 e. The van der Waals surface area contributed by atoms with Crippen molar-refractivity contribution in [1.82, 2.24) is 15.1 Å². The minimum absolute atomic E-state index is 0.725. The van der Waals surface area contributed by atoms with E-state index in [9.17, 15) is 0 Å². The zero-order valence-corrected chi connectivity index (χ0v) is 11.3. The summed E-state index contributed by atoms with van der Waals surface area (Å²) in [5, 5.41) is 3.87. The Hall–Kier alpha value is -0.560. The highest BCUT2D eigenvalue weighted by atomic mass is 15.2. The molecule has 0 aromatic carbocycles. The summed E-state index contributed by atoms with van der Waals surface area (Å²) < 4.78 is 0. The summed E-state index contributed by atoms with van der Waals surface area (Å²) in [6, 6.07) is 2.41. The molecule has 1 atom stereocenters. The summed E-state index contributed by atoms with van der Waals surface area (Å²) >= 11 is 0. The predicted octanol–water partition coefficient (Wildman–Crippen LogP) is 0.910. The second-order valence-electron chi connectivity index (χ2n) is 6.13. The van der Waals surface area contributed by atoms with Gasteiger partial charge in [0, 0.05) is 44.3 Å². The third-order valence-electron chi connectivity index (χ3n) is 4.66. The zero-order chi connectivity index (χ0) is 12.4. The maximum atomic E-state index is 5.36. The molecule has 1 N–H and O–H groups in total. The Morgan fingerprint density at radius 2 is 1.72 bits per heavy atom. The maximum Gasteiger partial charge on any atom is 0.0598 e. The van der Waals surface area contributed by atoms with E-state index in [1.807, 2.05) is 0 Å². The molecule has 3 nitrogen and oxygen atoms in total. The van der Waals surface area contributed by atoms with Gasteiger partial charge in [0.15, 0.2) is 0 Å². The second-order valence-corrected chi connectivity index (χ2v) is 6.13. The molecule has 1 aliphatic carbocycles. The van der Waals surface area contributed by atoms with Crippen molar-refractivity contribution < 1.29 is 0 Å². The van der Waals surface area contributed by atoms with Crippen LogP contribution in [0.3, 0.4) is 0 Å². The van der Waals surface area contributed by atoms with Gasteiger partial charge in [-0.05, 0) is 32.1 Å². The van der Waals surface area contributed by atoms with E-state index in [-0.39, 0.29) is 0 Å². The first-order valence-corrected chi connectivity index (χ1v) is 7.51. The molecule has 3 heteroatoms. The third-order valence-corrected chi connectivity index (χ3v) is 4.66. The fraction of sp³-hybridized carbons (Fsp3) is 0.867. The molecule has 1 saturated carbocycles. The average Bonchev–Trinajstić information content (AvgIpc) is 3.13. The summed E-state index contributed by atoms with van der Waals surface area (Å²) in [5.41, 5.74) is 0. The fourth-order valence-corrected chi connectivity index (χ4v) is 3.41. The van der Waals surface area contributed by atoms with Gasteiger partial charge in [0.2, 0.25) is 0 Å². The lowest BCUT2D eigenvalue weighted by molar-refractivity contribution is 0.207. The number of likely N-dealkylation sites (tertiary alicyclic amines) is 2. The minimum atomic E-state index is 0.725. The molecule has 100 valence electrons. The first kappa shape index (κ1) is 12.5. The highest BCUT2D eigenvalue weighted by molar-refractivity contribution is 4.94. The van der Waals surface area contributed by atoms with Gasteiger partial charge in [-0.1, -0.05) is 5.92 Å². The molecule has 0 aromatic rings. The lowest BCUT2D eigenvalue weighted by atomic mass is 10.0. The van der Waals surface area contributed by atoms with Gasteiger partial charge in [-0.15, -0.1) is 6.42 Å². The molecule has 1 unspecified atom stereocenters. The summed E-state index contributed by atoms with van der Waals surface area (Å²) in [7, 11) is 0. The van der Waals surface area contributed by atoms with Crippen LogP contribution in [0.25, 0.3) is 0 Å². The second kappa shape index (κ2) is 5.61. The van der Waals surface area contributed by atoms with Gasteiger partial charge in [0.1, 0.15) is 0 Å². The van der Waals surface area contributed by atoms with Crippen LogP contribution in [0.1, 0.15) is 32.1 Å². The quantitative estimate of drug-likeness (QED) is 0.745. The number of hydrogen-bond acceptors (Lipinski definition) is 3. The van der Waals surface area contributed by atoms with Gasteiger partial charge >= 0.3 is 0 Å². The summed E-state index contributed by atoms with van der Waals surface area (Å²) in [5.74, 6) is 2.75. The topological polar surface area (TPSA) is 18.5 Å². The third kappa shape index (κ3) is 3.06. The lowest BCUT2D eigenvalue weighted by Crippen LogP contribution is -2.47. The van der Waals surface area contributed by atoms with Crippen LogP contribution in [0.2, 0.25) is 0 Å². The van der Waals surface area contributed by atoms with Crippen molar-refractivity contribution in [3.05, 3.63) is 0 Å². The largest absolute Gasteiger partial charge is 0.310 e. The van der Waals surface area contributed by atoms with E-state index >= 15 is 0 Å². The van der Waals surface area contributed by atoms with E-state index in [2.05, 4.69) is 21.0 Å². The van der Waals surface area contributed by atoms with E-state index in [1.54, 1.807) is 0 Å². The first-order chi connectivity index (χ1) is 8.85. The lowest BCUT2D eigenvalue weighted by Gasteiger charge is -2.32. The van der Waals surface area contributed by atoms with E-state index in [1.165, 1.54) is 58.3 Å². The minimum Gasteiger partial charge on any atom is -0.310 e. The Labute approximate surface area is 111 Å². The van der Waals surface area contributed by atoms with Crippen LogP contribution < -0.4 is 5.32 Å². The Morgan fingerprint density at radius 3 is 2.39 bits per heavy atom. The molecular formula is C15H25N3. The molecule has 0 spiro atoms. The molecule has 2 saturated heterocycles. The molecule has 0 aromatic heterocycles. The standard InChI is InChI=1S/C15H25N3/c1-2-8-17-9-5-13(6-10-17)16-14-7-11-18(12-14)15-3-4-15/h1,13-16H,3-12H2. The van der Waals surface area contributed by atoms with Crippen LogP contribution in [-0.4, -0.2) is 60.6 Å². The molecule has 2 heterocycles. The van der Waals surface area contributed by atoms with E-state index in [0.29, 0.717) is 0 Å². The molecule has 18 heavy (non-hydrogen) atoms. The Balaban J connectivity index is 1.38. The van der Waals surface area contributed by atoms with Gasteiger partial charge in [-0.2, -0.15) is 0 Å². The molecular weight excluding hydrogens is 222 g/mol. The van der Waals surface area contributed by atoms with Gasteiger partial charge in [-0.3, -0.25) is 9.80 Å². The normalized spacial score (nSPS) is 31.6. The van der Waals surface area contributed by atoms with Crippen LogP contribution in [-0.2, 0) is 0 Å². The summed E-state index contributed by atoms with van der Waals surface area (Å²) in [6.07, 6.45) is 12.1. The Morgan fingerprint density at radius 1 is 1.00 bits per heavy atom. The highest BCUT2D eigenvalue weighted by Crippen LogP contribution is 2.30. The summed E-state index contributed by atoms with van der Waals surface area (Å²) in [6.45, 7) is 5.76. The van der Waals surface area contributed by atoms with Crippen molar-refractivity contribution in [3.63, 3.8) is 0 Å². The van der Waals surface area contributed by atoms with E-state index in [0.717, 1.165) is 24.7 Å². The monoisotopic (exact) mass is 247 g/mol. The van der Waals surface area contributed by atoms with Crippen molar-refractivity contribution in [2.75, 3.05) is 32.7 Å². The van der Waals surface area contributed by atoms with Gasteiger partial charge in [-0.25, -0.2) is 0 Å². The van der Waals surface area contributed by atoms with Crippen LogP contribution in [0.5, 0.6) is 0 Å². The average molecular weight is 247 g/mol. The van der Waals surface area contributed by atoms with Crippen molar-refractivity contribution in [3.8, 4) is 12.3 Å². The molecule has 0 bridgehead atoms. The molecule has 3 rings (SSSR count). The SMILES string of the molecule is C#CCN1CCC(NC2CCN(C3CC3)C2)CC1. The van der Waals surface area contributed by atoms with E-state index in [4.69, 9.17) is 6.42 Å². The molecule has 0 amide bonds. The molecule has 0 radical (unpaired) electrons. The van der Waals surface area contributed by atoms with Crippen LogP contribution >= 0.6 is 0 Å². The van der Waals surface area contributed by atoms with Crippen molar-refractivity contribution >= 4 is 0 Å². The predicted molar refractivity (Wildman–Crippen MR) is 74.4 cm³/mol. The highest BCUT2D eigenvalue weighted by Gasteiger charge is 2.35. The van der Waals surface area contributed by atoms with Gasteiger partial charge in [0.25, 0.3) is 0 Å². The number of nitrogens with zero attached hydrogens (tertiary/aromatic N) is 2. The number of terminal acetylenes is 1. The van der Waals surface area contributed by atoms with Crippen molar-refractivity contribution in [1.29, 1.82) is 0 Å². The van der Waals surface area contributed by atoms with Gasteiger partial charge < -0.3 is 5.32 Å². The zero-order valence-electron chi connectivity index (χ0n) is 11.3. The van der Waals surface area contributed by atoms with Crippen LogP contribution in [0, 0.1) is 12.3 Å². The number of rotatable bonds is 4. The number of piperidine rings is 1. The van der Waals surface area contributed by atoms with Crippen LogP contribution in [0.4, 0.5) is 0 Å². The molecule has 2 aliphatic heterocycles. The van der Waals surface area contributed by atoms with Crippen LogP contribution in [0.15, 0.2) is 0 Å². The number of nitrogens with one attached hydrogen (secondary N) is 1. The molecule has 3 fully saturated rings.